The molecular weight excluding hydrogens is 290 g/mol. The van der Waals surface area contributed by atoms with Crippen molar-refractivity contribution in [2.45, 2.75) is 18.4 Å². The molecule has 0 aliphatic carbocycles. The van der Waals surface area contributed by atoms with Crippen LogP contribution in [-0.2, 0) is 15.6 Å². The summed E-state index contributed by atoms with van der Waals surface area (Å²) in [6, 6.07) is 4.93. The second-order valence-corrected chi connectivity index (χ2v) is 6.46. The molecule has 2 aromatic rings. The van der Waals surface area contributed by atoms with Crippen LogP contribution in [0.1, 0.15) is 6.92 Å². The van der Waals surface area contributed by atoms with Gasteiger partial charge in [-0.25, -0.2) is 8.42 Å². The number of ether oxygens (including phenoxy) is 1. The molecule has 0 bridgehead atoms. The predicted molar refractivity (Wildman–Crippen MR) is 73.5 cm³/mol. The second-order valence-electron chi connectivity index (χ2n) is 3.93. The maximum absolute atomic E-state index is 12.2. The Labute approximate surface area is 114 Å². The highest BCUT2D eigenvalue weighted by atomic mass is 35.7. The molecule has 0 N–H and O–H groups in total. The molecule has 0 aliphatic rings. The van der Waals surface area contributed by atoms with E-state index in [1.165, 1.54) is 19.4 Å². The third kappa shape index (κ3) is 2.46. The van der Waals surface area contributed by atoms with Gasteiger partial charge in [0.15, 0.2) is 0 Å². The molecular formula is C12H12ClNO4S. The Bertz CT molecular complexity index is 795. The third-order valence-electron chi connectivity index (χ3n) is 2.86. The molecule has 0 spiro atoms. The second kappa shape index (κ2) is 4.86. The average molecular weight is 302 g/mol. The molecule has 0 fully saturated rings. The van der Waals surface area contributed by atoms with E-state index in [1.807, 2.05) is 6.92 Å². The van der Waals surface area contributed by atoms with Gasteiger partial charge in [-0.15, -0.1) is 0 Å². The van der Waals surface area contributed by atoms with Gasteiger partial charge < -0.3 is 9.30 Å². The number of pyridine rings is 1. The topological polar surface area (TPSA) is 65.4 Å². The normalized spacial score (nSPS) is 11.7. The van der Waals surface area contributed by atoms with Crippen LogP contribution in [0.25, 0.3) is 10.9 Å². The minimum atomic E-state index is -4.08. The standard InChI is InChI=1S/C12H12ClNO4S/c1-3-14-7-11(19(13,16)17)12(15)9-6-8(18-2)4-5-10(9)14/h4-7H,3H2,1-2H3. The Morgan fingerprint density at radius 2 is 2.05 bits per heavy atom. The molecule has 1 heterocycles. The largest absolute Gasteiger partial charge is 0.497 e. The van der Waals surface area contributed by atoms with Gasteiger partial charge >= 0.3 is 0 Å². The molecule has 2 rings (SSSR count). The van der Waals surface area contributed by atoms with E-state index in [2.05, 4.69) is 0 Å². The molecule has 7 heteroatoms. The summed E-state index contributed by atoms with van der Waals surface area (Å²) in [5, 5.41) is 0.267. The molecule has 0 atom stereocenters. The maximum atomic E-state index is 12.2. The summed E-state index contributed by atoms with van der Waals surface area (Å²) in [5.41, 5.74) is 0.0194. The highest BCUT2D eigenvalue weighted by Gasteiger charge is 2.19. The van der Waals surface area contributed by atoms with Gasteiger partial charge in [-0.1, -0.05) is 0 Å². The fraction of sp³-hybridized carbons (Fsp3) is 0.250. The Balaban J connectivity index is 2.97. The van der Waals surface area contributed by atoms with Crippen molar-refractivity contribution in [3.63, 3.8) is 0 Å². The van der Waals surface area contributed by atoms with Crippen LogP contribution in [0.3, 0.4) is 0 Å². The van der Waals surface area contributed by atoms with E-state index in [-0.39, 0.29) is 5.39 Å². The van der Waals surface area contributed by atoms with Gasteiger partial charge in [0.1, 0.15) is 10.6 Å². The lowest BCUT2D eigenvalue weighted by molar-refractivity contribution is 0.415. The van der Waals surface area contributed by atoms with E-state index < -0.39 is 19.4 Å². The number of halogens is 1. The average Bonchev–Trinajstić information content (AvgIpc) is 2.37. The van der Waals surface area contributed by atoms with Crippen molar-refractivity contribution in [3.05, 3.63) is 34.6 Å². The molecule has 19 heavy (non-hydrogen) atoms. The molecule has 0 saturated carbocycles. The Morgan fingerprint density at radius 3 is 2.58 bits per heavy atom. The van der Waals surface area contributed by atoms with Crippen LogP contribution in [0.2, 0.25) is 0 Å². The lowest BCUT2D eigenvalue weighted by Gasteiger charge is -2.11. The van der Waals surface area contributed by atoms with Crippen LogP contribution in [0.15, 0.2) is 34.1 Å². The van der Waals surface area contributed by atoms with E-state index in [0.29, 0.717) is 17.8 Å². The number of aromatic nitrogens is 1. The molecule has 5 nitrogen and oxygen atoms in total. The molecule has 0 saturated heterocycles. The van der Waals surface area contributed by atoms with Crippen LogP contribution in [0.4, 0.5) is 0 Å². The van der Waals surface area contributed by atoms with Crippen molar-refractivity contribution in [2.75, 3.05) is 7.11 Å². The van der Waals surface area contributed by atoms with Crippen molar-refractivity contribution in [3.8, 4) is 5.75 Å². The highest BCUT2D eigenvalue weighted by molar-refractivity contribution is 8.13. The molecule has 0 unspecified atom stereocenters. The number of hydrogen-bond donors (Lipinski definition) is 0. The zero-order valence-corrected chi connectivity index (χ0v) is 12.0. The first kappa shape index (κ1) is 13.9. The van der Waals surface area contributed by atoms with Gasteiger partial charge in [-0.2, -0.15) is 0 Å². The summed E-state index contributed by atoms with van der Waals surface area (Å²) >= 11 is 0. The minimum Gasteiger partial charge on any atom is -0.497 e. The quantitative estimate of drug-likeness (QED) is 0.813. The van der Waals surface area contributed by atoms with E-state index in [9.17, 15) is 13.2 Å². The maximum Gasteiger partial charge on any atom is 0.266 e. The lowest BCUT2D eigenvalue weighted by atomic mass is 10.2. The van der Waals surface area contributed by atoms with Gasteiger partial charge in [-0.3, -0.25) is 4.79 Å². The molecule has 0 amide bonds. The first-order chi connectivity index (χ1) is 8.88. The van der Waals surface area contributed by atoms with Crippen molar-refractivity contribution < 1.29 is 13.2 Å². The molecule has 1 aromatic carbocycles. The van der Waals surface area contributed by atoms with E-state index in [4.69, 9.17) is 15.4 Å². The summed E-state index contributed by atoms with van der Waals surface area (Å²) in [5.74, 6) is 0.483. The zero-order chi connectivity index (χ0) is 14.2. The van der Waals surface area contributed by atoms with E-state index in [0.717, 1.165) is 0 Å². The highest BCUT2D eigenvalue weighted by Crippen LogP contribution is 2.21. The van der Waals surface area contributed by atoms with Gasteiger partial charge in [0.05, 0.1) is 18.0 Å². The van der Waals surface area contributed by atoms with Gasteiger partial charge in [0, 0.05) is 23.4 Å². The first-order valence-corrected chi connectivity index (χ1v) is 7.85. The monoisotopic (exact) mass is 301 g/mol. The van der Waals surface area contributed by atoms with Crippen molar-refractivity contribution in [1.82, 2.24) is 4.57 Å². The molecule has 0 aliphatic heterocycles. The van der Waals surface area contributed by atoms with Crippen LogP contribution >= 0.6 is 10.7 Å². The minimum absolute atomic E-state index is 0.267. The summed E-state index contributed by atoms with van der Waals surface area (Å²) in [4.78, 5) is 11.8. The van der Waals surface area contributed by atoms with E-state index in [1.54, 1.807) is 16.7 Å². The number of rotatable bonds is 3. The number of hydrogen-bond acceptors (Lipinski definition) is 4. The summed E-state index contributed by atoms with van der Waals surface area (Å²) in [6.07, 6.45) is 1.26. The number of fused-ring (bicyclic) bond motifs is 1. The van der Waals surface area contributed by atoms with Gasteiger partial charge in [0.25, 0.3) is 9.05 Å². The smallest absolute Gasteiger partial charge is 0.266 e. The van der Waals surface area contributed by atoms with Crippen LogP contribution in [0.5, 0.6) is 5.75 Å². The number of benzene rings is 1. The van der Waals surface area contributed by atoms with Crippen LogP contribution in [0, 0.1) is 0 Å². The SMILES string of the molecule is CCn1cc(S(=O)(=O)Cl)c(=O)c2cc(OC)ccc21. The van der Waals surface area contributed by atoms with Crippen LogP contribution < -0.4 is 10.2 Å². The molecule has 1 aromatic heterocycles. The van der Waals surface area contributed by atoms with Crippen LogP contribution in [-0.4, -0.2) is 20.1 Å². The lowest BCUT2D eigenvalue weighted by Crippen LogP contribution is -2.16. The summed E-state index contributed by atoms with van der Waals surface area (Å²) in [6.45, 7) is 2.36. The van der Waals surface area contributed by atoms with Crippen molar-refractivity contribution in [2.24, 2.45) is 0 Å². The molecule has 0 radical (unpaired) electrons. The Kier molecular flexibility index (Phi) is 3.56. The first-order valence-electron chi connectivity index (χ1n) is 5.54. The zero-order valence-electron chi connectivity index (χ0n) is 10.4. The summed E-state index contributed by atoms with van der Waals surface area (Å²) < 4.78 is 29.6. The van der Waals surface area contributed by atoms with Gasteiger partial charge in [-0.05, 0) is 25.1 Å². The van der Waals surface area contributed by atoms with Crippen molar-refractivity contribution >= 4 is 30.6 Å². The third-order valence-corrected chi connectivity index (χ3v) is 4.17. The number of methoxy groups -OCH3 is 1. The Hall–Kier alpha value is -1.53. The number of aryl methyl sites for hydroxylation is 1. The van der Waals surface area contributed by atoms with Crippen molar-refractivity contribution in [1.29, 1.82) is 0 Å². The summed E-state index contributed by atoms with van der Waals surface area (Å²) in [7, 11) is 2.69. The van der Waals surface area contributed by atoms with Gasteiger partial charge in [0.2, 0.25) is 5.43 Å². The molecule has 102 valence electrons. The predicted octanol–water partition coefficient (Wildman–Crippen LogP) is 1.96. The Morgan fingerprint density at radius 1 is 1.37 bits per heavy atom. The number of nitrogens with zero attached hydrogens (tertiary/aromatic N) is 1. The fourth-order valence-electron chi connectivity index (χ4n) is 1.91. The van der Waals surface area contributed by atoms with E-state index >= 15 is 0 Å². The fourth-order valence-corrected chi connectivity index (χ4v) is 2.83.